The highest BCUT2D eigenvalue weighted by molar-refractivity contribution is 6.02. The molecule has 0 bridgehead atoms. The third-order valence-electron chi connectivity index (χ3n) is 6.86. The molecule has 41 heavy (non-hydrogen) atoms. The predicted molar refractivity (Wildman–Crippen MR) is 157 cm³/mol. The van der Waals surface area contributed by atoms with Gasteiger partial charge in [0, 0.05) is 39.2 Å². The molecule has 0 saturated carbocycles. The lowest BCUT2D eigenvalue weighted by Crippen LogP contribution is -2.17. The number of hydrogen-bond donors (Lipinski definition) is 1. The predicted octanol–water partition coefficient (Wildman–Crippen LogP) is 5.86. The number of nitrogens with one attached hydrogen (secondary N) is 1. The van der Waals surface area contributed by atoms with E-state index in [1.165, 1.54) is 0 Å². The van der Waals surface area contributed by atoms with Gasteiger partial charge in [-0.3, -0.25) is 9.59 Å². The summed E-state index contributed by atoms with van der Waals surface area (Å²) in [7, 11) is 0. The Morgan fingerprint density at radius 1 is 0.951 bits per heavy atom. The minimum absolute atomic E-state index is 0.0915. The first kappa shape index (κ1) is 27.5. The number of furan rings is 1. The van der Waals surface area contributed by atoms with Crippen molar-refractivity contribution in [1.82, 2.24) is 14.6 Å². The molecule has 9 nitrogen and oxygen atoms in total. The zero-order valence-corrected chi connectivity index (χ0v) is 23.5. The molecule has 1 N–H and O–H groups in total. The second-order valence-corrected chi connectivity index (χ2v) is 9.61. The van der Waals surface area contributed by atoms with E-state index in [0.717, 1.165) is 39.2 Å². The van der Waals surface area contributed by atoms with Crippen LogP contribution in [0.4, 0.5) is 0 Å². The average Bonchev–Trinajstić information content (AvgIpc) is 3.65. The van der Waals surface area contributed by atoms with Crippen molar-refractivity contribution in [3.05, 3.63) is 107 Å². The van der Waals surface area contributed by atoms with Gasteiger partial charge in [0.05, 0.1) is 12.8 Å². The number of aromatic nitrogens is 2. The molecule has 5 rings (SSSR count). The molecule has 0 spiro atoms. The molecule has 0 saturated heterocycles. The van der Waals surface area contributed by atoms with Crippen LogP contribution < -0.4 is 10.2 Å². The molecule has 0 aliphatic rings. The van der Waals surface area contributed by atoms with Crippen LogP contribution in [0.2, 0.25) is 0 Å². The Morgan fingerprint density at radius 2 is 1.68 bits per heavy atom. The van der Waals surface area contributed by atoms with Gasteiger partial charge < -0.3 is 23.0 Å². The molecule has 1 amide bonds. The maximum Gasteiger partial charge on any atom is 0.325 e. The molecule has 2 aromatic carbocycles. The van der Waals surface area contributed by atoms with Crippen molar-refractivity contribution < 1.29 is 23.5 Å². The molecule has 210 valence electrons. The number of aryl methyl sites for hydroxylation is 2. The SMILES string of the molecule is CCOC(=O)Cn1c(C)c(/C=N/NC(=O)c2ccc(COc3ccc(-n4c(C)ccc4C)cc3)o2)c2ccccc21. The molecule has 0 atom stereocenters. The first-order valence-electron chi connectivity index (χ1n) is 13.4. The molecule has 3 aromatic heterocycles. The van der Waals surface area contributed by atoms with Gasteiger partial charge in [-0.15, -0.1) is 0 Å². The van der Waals surface area contributed by atoms with Crippen LogP contribution in [0, 0.1) is 20.8 Å². The summed E-state index contributed by atoms with van der Waals surface area (Å²) in [4.78, 5) is 24.8. The molecule has 0 unspecified atom stereocenters. The number of nitrogens with zero attached hydrogens (tertiary/aromatic N) is 3. The molecule has 9 heteroatoms. The Kier molecular flexibility index (Phi) is 8.05. The maximum atomic E-state index is 12.7. The van der Waals surface area contributed by atoms with Crippen LogP contribution in [0.25, 0.3) is 16.6 Å². The summed E-state index contributed by atoms with van der Waals surface area (Å²) in [6, 6.07) is 23.0. The van der Waals surface area contributed by atoms with E-state index in [0.29, 0.717) is 18.1 Å². The molecular formula is C32H32N4O5. The average molecular weight is 553 g/mol. The highest BCUT2D eigenvalue weighted by Gasteiger charge is 2.16. The molecule has 3 heterocycles. The molecule has 0 aliphatic carbocycles. The van der Waals surface area contributed by atoms with E-state index in [2.05, 4.69) is 41.1 Å². The van der Waals surface area contributed by atoms with Crippen molar-refractivity contribution in [2.75, 3.05) is 6.61 Å². The van der Waals surface area contributed by atoms with E-state index in [9.17, 15) is 9.59 Å². The van der Waals surface area contributed by atoms with Crippen LogP contribution in [0.5, 0.6) is 5.75 Å². The largest absolute Gasteiger partial charge is 0.486 e. The highest BCUT2D eigenvalue weighted by atomic mass is 16.5. The van der Waals surface area contributed by atoms with Gasteiger partial charge in [0.1, 0.15) is 24.7 Å². The normalized spacial score (nSPS) is 11.3. The Bertz CT molecular complexity index is 1700. The van der Waals surface area contributed by atoms with Crippen LogP contribution >= 0.6 is 0 Å². The number of hydrazone groups is 1. The lowest BCUT2D eigenvalue weighted by atomic mass is 10.1. The summed E-state index contributed by atoms with van der Waals surface area (Å²) in [6.07, 6.45) is 1.57. The van der Waals surface area contributed by atoms with Gasteiger partial charge >= 0.3 is 11.9 Å². The van der Waals surface area contributed by atoms with Gasteiger partial charge in [-0.05, 0) is 82.3 Å². The Morgan fingerprint density at radius 3 is 2.41 bits per heavy atom. The third-order valence-corrected chi connectivity index (χ3v) is 6.86. The fourth-order valence-electron chi connectivity index (χ4n) is 4.87. The Balaban J connectivity index is 1.20. The number of hydrogen-bond acceptors (Lipinski definition) is 6. The number of carbonyl (C=O) groups is 2. The molecule has 0 radical (unpaired) electrons. The topological polar surface area (TPSA) is 100.0 Å². The minimum atomic E-state index is -0.484. The number of rotatable bonds is 10. The lowest BCUT2D eigenvalue weighted by molar-refractivity contribution is -0.143. The van der Waals surface area contributed by atoms with Crippen LogP contribution in [0.1, 0.15) is 45.9 Å². The smallest absolute Gasteiger partial charge is 0.325 e. The van der Waals surface area contributed by atoms with E-state index < -0.39 is 5.91 Å². The van der Waals surface area contributed by atoms with Gasteiger partial charge in [0.15, 0.2) is 5.76 Å². The van der Waals surface area contributed by atoms with E-state index in [4.69, 9.17) is 13.9 Å². The van der Waals surface area contributed by atoms with Gasteiger partial charge in [0.2, 0.25) is 0 Å². The first-order chi connectivity index (χ1) is 19.9. The van der Waals surface area contributed by atoms with E-state index in [1.54, 1.807) is 25.3 Å². The fraction of sp³-hybridized carbons (Fsp3) is 0.219. The maximum absolute atomic E-state index is 12.7. The van der Waals surface area contributed by atoms with E-state index >= 15 is 0 Å². The number of para-hydroxylation sites is 1. The lowest BCUT2D eigenvalue weighted by Gasteiger charge is -2.10. The van der Waals surface area contributed by atoms with Crippen LogP contribution in [0.15, 0.2) is 82.3 Å². The zero-order valence-electron chi connectivity index (χ0n) is 23.5. The van der Waals surface area contributed by atoms with E-state index in [-0.39, 0.29) is 24.9 Å². The summed E-state index contributed by atoms with van der Waals surface area (Å²) in [5.41, 5.74) is 8.42. The number of ether oxygens (including phenoxy) is 2. The molecular weight excluding hydrogens is 520 g/mol. The Hall–Kier alpha value is -5.05. The van der Waals surface area contributed by atoms with Crippen molar-refractivity contribution >= 4 is 29.0 Å². The van der Waals surface area contributed by atoms with Crippen LogP contribution in [-0.2, 0) is 22.7 Å². The van der Waals surface area contributed by atoms with E-state index in [1.807, 2.05) is 60.0 Å². The monoisotopic (exact) mass is 552 g/mol. The summed E-state index contributed by atoms with van der Waals surface area (Å²) in [5.74, 6) is 0.530. The first-order valence-corrected chi connectivity index (χ1v) is 13.4. The summed E-state index contributed by atoms with van der Waals surface area (Å²) in [6.45, 7) is 8.41. The molecule has 0 fully saturated rings. The quantitative estimate of drug-likeness (QED) is 0.133. The number of fused-ring (bicyclic) bond motifs is 1. The second kappa shape index (κ2) is 12.0. The molecule has 5 aromatic rings. The van der Waals surface area contributed by atoms with Gasteiger partial charge in [0.25, 0.3) is 0 Å². The number of carbonyl (C=O) groups excluding carboxylic acids is 2. The summed E-state index contributed by atoms with van der Waals surface area (Å²) in [5, 5.41) is 5.07. The number of amides is 1. The van der Waals surface area contributed by atoms with Crippen molar-refractivity contribution in [3.63, 3.8) is 0 Å². The van der Waals surface area contributed by atoms with Crippen molar-refractivity contribution in [2.24, 2.45) is 5.10 Å². The van der Waals surface area contributed by atoms with Crippen LogP contribution in [-0.4, -0.2) is 33.8 Å². The molecule has 0 aliphatic heterocycles. The van der Waals surface area contributed by atoms with Crippen molar-refractivity contribution in [1.29, 1.82) is 0 Å². The van der Waals surface area contributed by atoms with Gasteiger partial charge in [-0.1, -0.05) is 18.2 Å². The van der Waals surface area contributed by atoms with Crippen LogP contribution in [0.3, 0.4) is 0 Å². The number of benzene rings is 2. The standard InChI is InChI=1S/C32H32N4O5/c1-5-39-31(37)19-35-23(4)28(27-8-6-7-9-29(27)35)18-33-34-32(38)30-17-16-26(41-30)20-40-25-14-12-24(13-15-25)36-21(2)10-11-22(36)3/h6-18H,5,19-20H2,1-4H3,(H,34,38)/b33-18+. The fourth-order valence-corrected chi connectivity index (χ4v) is 4.87. The zero-order chi connectivity index (χ0) is 28.9. The third kappa shape index (κ3) is 5.94. The Labute approximate surface area is 238 Å². The van der Waals surface area contributed by atoms with Crippen molar-refractivity contribution in [3.8, 4) is 11.4 Å². The summed E-state index contributed by atoms with van der Waals surface area (Å²) < 4.78 is 20.7. The minimum Gasteiger partial charge on any atom is -0.486 e. The van der Waals surface area contributed by atoms with Gasteiger partial charge in [-0.25, -0.2) is 5.43 Å². The van der Waals surface area contributed by atoms with Gasteiger partial charge in [-0.2, -0.15) is 5.10 Å². The number of esters is 1. The summed E-state index contributed by atoms with van der Waals surface area (Å²) >= 11 is 0. The second-order valence-electron chi connectivity index (χ2n) is 9.61. The highest BCUT2D eigenvalue weighted by Crippen LogP contribution is 2.25. The van der Waals surface area contributed by atoms with Crippen molar-refractivity contribution in [2.45, 2.75) is 40.8 Å².